The van der Waals surface area contributed by atoms with E-state index in [2.05, 4.69) is 15.1 Å². The van der Waals surface area contributed by atoms with Gasteiger partial charge >= 0.3 is 0 Å². The Labute approximate surface area is 155 Å². The Morgan fingerprint density at radius 1 is 1.12 bits per heavy atom. The molecule has 2 amide bonds. The number of rotatable bonds is 6. The first-order valence-corrected chi connectivity index (χ1v) is 9.72. The van der Waals surface area contributed by atoms with Crippen molar-refractivity contribution in [2.24, 2.45) is 0 Å². The fourth-order valence-electron chi connectivity index (χ4n) is 3.70. The van der Waals surface area contributed by atoms with E-state index >= 15 is 0 Å². The van der Waals surface area contributed by atoms with Crippen LogP contribution in [0.2, 0.25) is 0 Å². The van der Waals surface area contributed by atoms with Crippen molar-refractivity contribution in [1.29, 1.82) is 0 Å². The van der Waals surface area contributed by atoms with Crippen LogP contribution < -0.4 is 5.32 Å². The van der Waals surface area contributed by atoms with E-state index in [0.29, 0.717) is 38.5 Å². The molecule has 1 N–H and O–H groups in total. The van der Waals surface area contributed by atoms with Crippen LogP contribution in [0.25, 0.3) is 0 Å². The van der Waals surface area contributed by atoms with E-state index < -0.39 is 0 Å². The van der Waals surface area contributed by atoms with Gasteiger partial charge in [-0.05, 0) is 45.0 Å². The van der Waals surface area contributed by atoms with Gasteiger partial charge in [-0.25, -0.2) is 0 Å². The number of hydrogen-bond acceptors (Lipinski definition) is 5. The van der Waals surface area contributed by atoms with Crippen LogP contribution in [0.1, 0.15) is 36.7 Å². The van der Waals surface area contributed by atoms with Gasteiger partial charge in [-0.1, -0.05) is 6.42 Å². The summed E-state index contributed by atoms with van der Waals surface area (Å²) in [5.74, 6) is 0.378. The Bertz CT molecular complexity index is 576. The van der Waals surface area contributed by atoms with Crippen LogP contribution in [0.15, 0.2) is 22.8 Å². The fourth-order valence-corrected chi connectivity index (χ4v) is 3.70. The summed E-state index contributed by atoms with van der Waals surface area (Å²) in [5, 5.41) is 3.07. The molecule has 7 heteroatoms. The number of likely N-dealkylation sites (tertiary alicyclic amines) is 1. The van der Waals surface area contributed by atoms with Gasteiger partial charge in [-0.3, -0.25) is 14.5 Å². The Hall–Kier alpha value is -1.86. The van der Waals surface area contributed by atoms with E-state index in [1.54, 1.807) is 17.0 Å². The molecule has 1 aromatic rings. The highest BCUT2D eigenvalue weighted by Gasteiger charge is 2.28. The van der Waals surface area contributed by atoms with Crippen LogP contribution in [0.5, 0.6) is 0 Å². The van der Waals surface area contributed by atoms with Gasteiger partial charge in [0, 0.05) is 39.3 Å². The molecule has 2 fully saturated rings. The molecule has 0 bridgehead atoms. The average Bonchev–Trinajstić information content (AvgIpc) is 3.22. The predicted molar refractivity (Wildman–Crippen MR) is 98.9 cm³/mol. The second-order valence-electron chi connectivity index (χ2n) is 7.17. The van der Waals surface area contributed by atoms with E-state index in [0.717, 1.165) is 19.6 Å². The lowest BCUT2D eigenvalue weighted by molar-refractivity contribution is -0.126. The summed E-state index contributed by atoms with van der Waals surface area (Å²) in [5.41, 5.74) is 0. The van der Waals surface area contributed by atoms with Crippen molar-refractivity contribution in [3.8, 4) is 0 Å². The summed E-state index contributed by atoms with van der Waals surface area (Å²) in [6.45, 7) is 8.52. The van der Waals surface area contributed by atoms with Gasteiger partial charge in [0.15, 0.2) is 5.76 Å². The lowest BCUT2D eigenvalue weighted by Gasteiger charge is -2.37. The van der Waals surface area contributed by atoms with Gasteiger partial charge in [0.2, 0.25) is 5.91 Å². The van der Waals surface area contributed by atoms with Gasteiger partial charge in [0.05, 0.1) is 12.3 Å². The predicted octanol–water partition coefficient (Wildman–Crippen LogP) is 1.03. The summed E-state index contributed by atoms with van der Waals surface area (Å²) in [4.78, 5) is 31.1. The summed E-state index contributed by atoms with van der Waals surface area (Å²) >= 11 is 0. The molecule has 0 aromatic carbocycles. The van der Waals surface area contributed by atoms with Crippen LogP contribution >= 0.6 is 0 Å². The monoisotopic (exact) mass is 362 g/mol. The van der Waals surface area contributed by atoms with Crippen molar-refractivity contribution in [2.45, 2.75) is 32.2 Å². The van der Waals surface area contributed by atoms with Crippen LogP contribution in [-0.2, 0) is 4.79 Å². The number of nitrogens with zero attached hydrogens (tertiary/aromatic N) is 3. The number of furan rings is 1. The molecule has 3 rings (SSSR count). The second-order valence-corrected chi connectivity index (χ2v) is 7.17. The maximum Gasteiger partial charge on any atom is 0.289 e. The molecule has 1 atom stereocenters. The number of amides is 2. The molecule has 2 saturated heterocycles. The largest absolute Gasteiger partial charge is 0.459 e. The van der Waals surface area contributed by atoms with Crippen molar-refractivity contribution in [1.82, 2.24) is 20.0 Å². The minimum atomic E-state index is -0.169. The molecule has 144 valence electrons. The summed E-state index contributed by atoms with van der Waals surface area (Å²) < 4.78 is 5.18. The lowest BCUT2D eigenvalue weighted by atomic mass is 10.1. The highest BCUT2D eigenvalue weighted by atomic mass is 16.3. The molecule has 0 radical (unpaired) electrons. The van der Waals surface area contributed by atoms with E-state index in [1.807, 2.05) is 6.92 Å². The van der Waals surface area contributed by atoms with Crippen molar-refractivity contribution in [2.75, 3.05) is 52.4 Å². The Morgan fingerprint density at radius 3 is 2.50 bits per heavy atom. The zero-order valence-corrected chi connectivity index (χ0v) is 15.7. The molecule has 0 spiro atoms. The van der Waals surface area contributed by atoms with E-state index in [4.69, 9.17) is 4.42 Å². The van der Waals surface area contributed by atoms with Gasteiger partial charge in [0.25, 0.3) is 5.91 Å². The molecule has 0 aliphatic carbocycles. The molecule has 26 heavy (non-hydrogen) atoms. The van der Waals surface area contributed by atoms with Crippen LogP contribution in [0, 0.1) is 0 Å². The first kappa shape index (κ1) is 18.9. The minimum Gasteiger partial charge on any atom is -0.459 e. The number of nitrogens with one attached hydrogen (secondary N) is 1. The van der Waals surface area contributed by atoms with Crippen LogP contribution in [-0.4, -0.2) is 84.9 Å². The number of carbonyl (C=O) groups excluding carboxylic acids is 2. The van der Waals surface area contributed by atoms with E-state index in [-0.39, 0.29) is 17.9 Å². The van der Waals surface area contributed by atoms with Crippen molar-refractivity contribution in [3.05, 3.63) is 24.2 Å². The number of piperidine rings is 1. The normalized spacial score (nSPS) is 20.7. The van der Waals surface area contributed by atoms with Gasteiger partial charge in [-0.2, -0.15) is 0 Å². The van der Waals surface area contributed by atoms with E-state index in [1.165, 1.54) is 25.5 Å². The third kappa shape index (κ3) is 4.86. The zero-order valence-electron chi connectivity index (χ0n) is 15.7. The first-order valence-electron chi connectivity index (χ1n) is 9.72. The van der Waals surface area contributed by atoms with Crippen LogP contribution in [0.4, 0.5) is 0 Å². The third-order valence-electron chi connectivity index (χ3n) is 5.44. The fraction of sp³-hybridized carbons (Fsp3) is 0.684. The summed E-state index contributed by atoms with van der Waals surface area (Å²) in [6, 6.07) is 3.24. The van der Waals surface area contributed by atoms with Crippen molar-refractivity contribution >= 4 is 11.8 Å². The molecule has 2 aliphatic heterocycles. The topological polar surface area (TPSA) is 69.0 Å². The number of carbonyl (C=O) groups is 2. The zero-order chi connectivity index (χ0) is 18.4. The molecule has 1 unspecified atom stereocenters. The lowest BCUT2D eigenvalue weighted by Crippen LogP contribution is -2.55. The highest BCUT2D eigenvalue weighted by Crippen LogP contribution is 2.11. The number of piperazine rings is 1. The maximum absolute atomic E-state index is 12.4. The quantitative estimate of drug-likeness (QED) is 0.819. The maximum atomic E-state index is 12.4. The third-order valence-corrected chi connectivity index (χ3v) is 5.44. The Balaban J connectivity index is 1.37. The molecule has 3 heterocycles. The van der Waals surface area contributed by atoms with Gasteiger partial charge in [-0.15, -0.1) is 0 Å². The van der Waals surface area contributed by atoms with Gasteiger partial charge < -0.3 is 19.5 Å². The number of hydrogen-bond donors (Lipinski definition) is 1. The average molecular weight is 362 g/mol. The molecule has 1 aromatic heterocycles. The molecular weight excluding hydrogens is 332 g/mol. The SMILES string of the molecule is CC(C(=O)NCCN1CCCCC1)N1CCN(C(=O)c2ccco2)CC1. The van der Waals surface area contributed by atoms with Gasteiger partial charge in [0.1, 0.15) is 0 Å². The molecular formula is C19H30N4O3. The molecule has 2 aliphatic rings. The molecule has 0 saturated carbocycles. The highest BCUT2D eigenvalue weighted by molar-refractivity contribution is 5.91. The standard InChI is InChI=1S/C19H30N4O3/c1-16(18(24)20-7-10-21-8-3-2-4-9-21)22-11-13-23(14-12-22)19(25)17-6-5-15-26-17/h5-6,15-16H,2-4,7-14H2,1H3,(H,20,24). The summed E-state index contributed by atoms with van der Waals surface area (Å²) in [6.07, 6.45) is 5.38. The second kappa shape index (κ2) is 9.19. The van der Waals surface area contributed by atoms with E-state index in [9.17, 15) is 9.59 Å². The van der Waals surface area contributed by atoms with Crippen LogP contribution in [0.3, 0.4) is 0 Å². The smallest absolute Gasteiger partial charge is 0.289 e. The summed E-state index contributed by atoms with van der Waals surface area (Å²) in [7, 11) is 0. The minimum absolute atomic E-state index is 0.0757. The van der Waals surface area contributed by atoms with Crippen molar-refractivity contribution in [3.63, 3.8) is 0 Å². The Kier molecular flexibility index (Phi) is 6.68. The van der Waals surface area contributed by atoms with Crippen molar-refractivity contribution < 1.29 is 14.0 Å². The molecule has 7 nitrogen and oxygen atoms in total. The Morgan fingerprint density at radius 2 is 1.85 bits per heavy atom. The first-order chi connectivity index (χ1) is 12.6.